The van der Waals surface area contributed by atoms with Crippen molar-refractivity contribution in [1.82, 2.24) is 9.62 Å². The summed E-state index contributed by atoms with van der Waals surface area (Å²) in [7, 11) is -3.44. The van der Waals surface area contributed by atoms with Crippen molar-refractivity contribution in [3.63, 3.8) is 0 Å². The average molecular weight is 449 g/mol. The number of halogens is 1. The quantitative estimate of drug-likeness (QED) is 0.764. The summed E-state index contributed by atoms with van der Waals surface area (Å²) >= 11 is 4.54. The van der Waals surface area contributed by atoms with E-state index in [0.717, 1.165) is 10.2 Å². The molecule has 1 saturated heterocycles. The molecule has 2 unspecified atom stereocenters. The smallest absolute Gasteiger partial charge is 0.252 e. The zero-order chi connectivity index (χ0) is 18.0. The van der Waals surface area contributed by atoms with Gasteiger partial charge in [0.15, 0.2) is 0 Å². The molecule has 1 saturated carbocycles. The van der Waals surface area contributed by atoms with Gasteiger partial charge in [-0.05, 0) is 59.7 Å². The van der Waals surface area contributed by atoms with E-state index in [-0.39, 0.29) is 17.9 Å². The van der Waals surface area contributed by atoms with E-state index in [2.05, 4.69) is 28.2 Å². The minimum absolute atomic E-state index is 0.0735. The number of nitrogens with one attached hydrogen (secondary N) is 1. The Morgan fingerprint density at radius 3 is 2.48 bits per heavy atom. The van der Waals surface area contributed by atoms with Crippen LogP contribution in [0.1, 0.15) is 45.4 Å². The fourth-order valence-electron chi connectivity index (χ4n) is 3.75. The van der Waals surface area contributed by atoms with Crippen molar-refractivity contribution < 1.29 is 13.2 Å². The first-order valence-electron chi connectivity index (χ1n) is 8.94. The molecule has 3 rings (SSSR count). The van der Waals surface area contributed by atoms with E-state index in [1.165, 1.54) is 34.9 Å². The van der Waals surface area contributed by atoms with Crippen LogP contribution in [0.2, 0.25) is 0 Å². The number of sulfonamides is 1. The molecule has 0 spiro atoms. The SMILES string of the molecule is CC1CCCCC1NC(=O)C1CCN(S(=O)(=O)c2ccc(Br)s2)CC1. The van der Waals surface area contributed by atoms with Gasteiger partial charge in [-0.3, -0.25) is 4.79 Å². The molecule has 140 valence electrons. The maximum absolute atomic E-state index is 12.7. The van der Waals surface area contributed by atoms with Gasteiger partial charge in [-0.1, -0.05) is 19.8 Å². The summed E-state index contributed by atoms with van der Waals surface area (Å²) < 4.78 is 28.0. The van der Waals surface area contributed by atoms with Crippen LogP contribution in [0.25, 0.3) is 0 Å². The first-order valence-corrected chi connectivity index (χ1v) is 12.0. The number of hydrogen-bond acceptors (Lipinski definition) is 4. The first kappa shape index (κ1) is 19.3. The van der Waals surface area contributed by atoms with E-state index in [4.69, 9.17) is 0 Å². The monoisotopic (exact) mass is 448 g/mol. The number of carbonyl (C=O) groups excluding carboxylic acids is 1. The molecule has 2 aliphatic rings. The molecule has 5 nitrogen and oxygen atoms in total. The molecule has 0 aromatic carbocycles. The van der Waals surface area contributed by atoms with Crippen LogP contribution < -0.4 is 5.32 Å². The van der Waals surface area contributed by atoms with Crippen molar-refractivity contribution in [3.8, 4) is 0 Å². The summed E-state index contributed by atoms with van der Waals surface area (Å²) in [6.45, 7) is 3.03. The van der Waals surface area contributed by atoms with Crippen LogP contribution in [-0.4, -0.2) is 37.8 Å². The summed E-state index contributed by atoms with van der Waals surface area (Å²) in [5.41, 5.74) is 0. The second-order valence-electron chi connectivity index (χ2n) is 7.11. The summed E-state index contributed by atoms with van der Waals surface area (Å²) in [6, 6.07) is 3.67. The Bertz CT molecular complexity index is 711. The number of carbonyl (C=O) groups is 1. The molecule has 1 aliphatic carbocycles. The van der Waals surface area contributed by atoms with Crippen molar-refractivity contribution in [3.05, 3.63) is 15.9 Å². The van der Waals surface area contributed by atoms with Gasteiger partial charge in [-0.15, -0.1) is 11.3 Å². The minimum Gasteiger partial charge on any atom is -0.353 e. The van der Waals surface area contributed by atoms with Crippen molar-refractivity contribution >= 4 is 43.2 Å². The van der Waals surface area contributed by atoms with Crippen LogP contribution in [-0.2, 0) is 14.8 Å². The molecule has 1 aromatic heterocycles. The molecular formula is C17H25BrN2O3S2. The third-order valence-electron chi connectivity index (χ3n) is 5.41. The van der Waals surface area contributed by atoms with Gasteiger partial charge in [0.2, 0.25) is 5.91 Å². The van der Waals surface area contributed by atoms with Crippen molar-refractivity contribution in [1.29, 1.82) is 0 Å². The van der Waals surface area contributed by atoms with Gasteiger partial charge in [0.1, 0.15) is 4.21 Å². The predicted octanol–water partition coefficient (Wildman–Crippen LogP) is 3.61. The summed E-state index contributed by atoms with van der Waals surface area (Å²) in [6.07, 6.45) is 5.87. The van der Waals surface area contributed by atoms with Crippen molar-refractivity contribution in [2.45, 2.75) is 55.7 Å². The highest BCUT2D eigenvalue weighted by Gasteiger charge is 2.34. The number of piperidine rings is 1. The summed E-state index contributed by atoms with van der Waals surface area (Å²) in [4.78, 5) is 12.6. The number of nitrogens with zero attached hydrogens (tertiary/aromatic N) is 1. The van der Waals surface area contributed by atoms with Crippen LogP contribution in [0.5, 0.6) is 0 Å². The van der Waals surface area contributed by atoms with E-state index < -0.39 is 10.0 Å². The molecule has 2 heterocycles. The lowest BCUT2D eigenvalue weighted by atomic mass is 9.85. The summed E-state index contributed by atoms with van der Waals surface area (Å²) in [5.74, 6) is 0.570. The third-order valence-corrected chi connectivity index (χ3v) is 9.40. The second-order valence-corrected chi connectivity index (χ2v) is 11.7. The lowest BCUT2D eigenvalue weighted by Crippen LogP contribution is -2.47. The van der Waals surface area contributed by atoms with Gasteiger partial charge in [0.05, 0.1) is 3.79 Å². The van der Waals surface area contributed by atoms with Gasteiger partial charge in [-0.2, -0.15) is 4.31 Å². The molecule has 1 aliphatic heterocycles. The fourth-order valence-corrected chi connectivity index (χ4v) is 7.39. The molecule has 1 N–H and O–H groups in total. The van der Waals surface area contributed by atoms with Crippen LogP contribution in [0.15, 0.2) is 20.1 Å². The number of hydrogen-bond donors (Lipinski definition) is 1. The zero-order valence-electron chi connectivity index (χ0n) is 14.4. The molecule has 1 amide bonds. The molecule has 8 heteroatoms. The molecule has 2 fully saturated rings. The summed E-state index contributed by atoms with van der Waals surface area (Å²) in [5, 5.41) is 3.22. The van der Waals surface area contributed by atoms with E-state index >= 15 is 0 Å². The second kappa shape index (κ2) is 8.06. The fraction of sp³-hybridized carbons (Fsp3) is 0.706. The Hall–Kier alpha value is -0.440. The molecule has 0 radical (unpaired) electrons. The number of rotatable bonds is 4. The Morgan fingerprint density at radius 1 is 1.20 bits per heavy atom. The van der Waals surface area contributed by atoms with Gasteiger partial charge in [0, 0.05) is 25.0 Å². The Morgan fingerprint density at radius 2 is 1.88 bits per heavy atom. The predicted molar refractivity (Wildman–Crippen MR) is 103 cm³/mol. The largest absolute Gasteiger partial charge is 0.353 e. The van der Waals surface area contributed by atoms with E-state index in [1.807, 2.05) is 0 Å². The van der Waals surface area contributed by atoms with Gasteiger partial charge < -0.3 is 5.32 Å². The molecular weight excluding hydrogens is 424 g/mol. The normalized spacial score (nSPS) is 26.5. The van der Waals surface area contributed by atoms with Crippen LogP contribution in [0, 0.1) is 11.8 Å². The van der Waals surface area contributed by atoms with Gasteiger partial charge in [-0.25, -0.2) is 8.42 Å². The van der Waals surface area contributed by atoms with Crippen LogP contribution in [0.3, 0.4) is 0 Å². The Balaban J connectivity index is 1.55. The maximum atomic E-state index is 12.7. The van der Waals surface area contributed by atoms with Crippen molar-refractivity contribution in [2.75, 3.05) is 13.1 Å². The van der Waals surface area contributed by atoms with Gasteiger partial charge >= 0.3 is 0 Å². The van der Waals surface area contributed by atoms with Crippen LogP contribution in [0.4, 0.5) is 0 Å². The van der Waals surface area contributed by atoms with Crippen LogP contribution >= 0.6 is 27.3 Å². The maximum Gasteiger partial charge on any atom is 0.252 e. The molecule has 2 atom stereocenters. The number of thiophene rings is 1. The standard InChI is InChI=1S/C17H25BrN2O3S2/c1-12-4-2-3-5-14(12)19-17(21)13-8-10-20(11-9-13)25(22,23)16-7-6-15(18)24-16/h6-7,12-14H,2-5,8-11H2,1H3,(H,19,21). The molecule has 0 bridgehead atoms. The minimum atomic E-state index is -3.44. The van der Waals surface area contributed by atoms with E-state index in [9.17, 15) is 13.2 Å². The highest BCUT2D eigenvalue weighted by molar-refractivity contribution is 9.11. The molecule has 1 aromatic rings. The lowest BCUT2D eigenvalue weighted by molar-refractivity contribution is -0.127. The van der Waals surface area contributed by atoms with Crippen molar-refractivity contribution in [2.24, 2.45) is 11.8 Å². The highest BCUT2D eigenvalue weighted by Crippen LogP contribution is 2.31. The van der Waals surface area contributed by atoms with E-state index in [0.29, 0.717) is 36.1 Å². The Labute approximate surface area is 162 Å². The van der Waals surface area contributed by atoms with Gasteiger partial charge in [0.25, 0.3) is 10.0 Å². The lowest BCUT2D eigenvalue weighted by Gasteiger charge is -2.33. The molecule has 25 heavy (non-hydrogen) atoms. The van der Waals surface area contributed by atoms with E-state index in [1.54, 1.807) is 12.1 Å². The number of amides is 1. The highest BCUT2D eigenvalue weighted by atomic mass is 79.9. The topological polar surface area (TPSA) is 66.5 Å². The zero-order valence-corrected chi connectivity index (χ0v) is 17.6. The Kier molecular flexibility index (Phi) is 6.23. The first-order chi connectivity index (χ1) is 11.9. The third kappa shape index (κ3) is 4.46. The average Bonchev–Trinajstić information content (AvgIpc) is 3.04.